The zero-order chi connectivity index (χ0) is 30.1. The molecule has 43 heavy (non-hydrogen) atoms. The number of hydrogen-bond acceptors (Lipinski definition) is 7. The van der Waals surface area contributed by atoms with Crippen molar-refractivity contribution >= 4 is 21.9 Å². The quantitative estimate of drug-likeness (QED) is 0.0753. The van der Waals surface area contributed by atoms with Gasteiger partial charge in [-0.2, -0.15) is 0 Å². The van der Waals surface area contributed by atoms with Gasteiger partial charge in [-0.1, -0.05) is 60.7 Å². The molecule has 0 radical (unpaired) electrons. The van der Waals surface area contributed by atoms with E-state index in [1.54, 1.807) is 0 Å². The van der Waals surface area contributed by atoms with E-state index in [4.69, 9.17) is 28.4 Å². The molecule has 3 heterocycles. The summed E-state index contributed by atoms with van der Waals surface area (Å²) in [6.07, 6.45) is 24.0. The maximum atomic E-state index is 13.3. The molecule has 8 heteroatoms. The first-order valence-electron chi connectivity index (χ1n) is 17.6. The van der Waals surface area contributed by atoms with Crippen LogP contribution in [0.1, 0.15) is 122 Å². The van der Waals surface area contributed by atoms with Crippen molar-refractivity contribution in [3.8, 4) is 0 Å². The van der Waals surface area contributed by atoms with Gasteiger partial charge in [-0.25, -0.2) is 4.79 Å². The summed E-state index contributed by atoms with van der Waals surface area (Å²) in [6.45, 7) is 3.55. The van der Waals surface area contributed by atoms with Gasteiger partial charge in [0.1, 0.15) is 0 Å². The van der Waals surface area contributed by atoms with Gasteiger partial charge in [-0.05, 0) is 107 Å². The summed E-state index contributed by atoms with van der Waals surface area (Å²) in [6, 6.07) is 0. The molecule has 246 valence electrons. The number of carbonyl (C=O) groups is 1. The average molecular weight is 670 g/mol. The van der Waals surface area contributed by atoms with Crippen molar-refractivity contribution < 1.29 is 33.2 Å². The number of fused-ring (bicyclic) bond motifs is 1. The van der Waals surface area contributed by atoms with Crippen molar-refractivity contribution in [3.63, 3.8) is 0 Å². The van der Waals surface area contributed by atoms with Gasteiger partial charge < -0.3 is 28.4 Å². The first-order chi connectivity index (χ1) is 21.0. The molecule has 5 fully saturated rings. The van der Waals surface area contributed by atoms with E-state index >= 15 is 0 Å². The normalized spacial score (nSPS) is 36.9. The van der Waals surface area contributed by atoms with Crippen LogP contribution in [0.3, 0.4) is 0 Å². The Morgan fingerprint density at radius 1 is 0.953 bits per heavy atom. The Balaban J connectivity index is 1.15. The molecule has 0 aromatic heterocycles. The van der Waals surface area contributed by atoms with Gasteiger partial charge in [0.05, 0.1) is 19.3 Å². The molecule has 0 aromatic rings. The van der Waals surface area contributed by atoms with Gasteiger partial charge in [-0.3, -0.25) is 0 Å². The lowest BCUT2D eigenvalue weighted by Crippen LogP contribution is -2.52. The van der Waals surface area contributed by atoms with Gasteiger partial charge >= 0.3 is 5.97 Å². The van der Waals surface area contributed by atoms with Crippen LogP contribution in [-0.4, -0.2) is 61.7 Å². The molecule has 4 unspecified atom stereocenters. The first kappa shape index (κ1) is 33.8. The Morgan fingerprint density at radius 3 is 2.33 bits per heavy atom. The molecule has 0 amide bonds. The second-order valence-corrected chi connectivity index (χ2v) is 15.0. The molecule has 0 spiro atoms. The predicted molar refractivity (Wildman–Crippen MR) is 170 cm³/mol. The van der Waals surface area contributed by atoms with E-state index in [1.165, 1.54) is 58.5 Å². The molecule has 0 bridgehead atoms. The van der Waals surface area contributed by atoms with Crippen LogP contribution in [-0.2, 0) is 33.2 Å². The number of allylic oxidation sites excluding steroid dienone is 2. The molecule has 9 atom stereocenters. The summed E-state index contributed by atoms with van der Waals surface area (Å²) in [4.78, 5) is 13.4. The summed E-state index contributed by atoms with van der Waals surface area (Å²) < 4.78 is 36.4. The second-order valence-electron chi connectivity index (χ2n) is 13.8. The first-order valence-corrected chi connectivity index (χ1v) is 18.5. The fourth-order valence-electron chi connectivity index (χ4n) is 8.22. The SMILES string of the molecule is CCCC[C@H]1CC[C@H](C/C=C/[C@H]2CC[C@@H]3OC(C(Br)CCC(OC4CCCCO4)(OC4CCCCO4)C(=O)OC)C[C@@H]32)C1. The molecule has 0 aromatic carbocycles. The molecule has 5 aliphatic rings. The number of methoxy groups -OCH3 is 1. The van der Waals surface area contributed by atoms with E-state index in [0.29, 0.717) is 44.0 Å². The maximum absolute atomic E-state index is 13.3. The van der Waals surface area contributed by atoms with Crippen LogP contribution >= 0.6 is 15.9 Å². The largest absolute Gasteiger partial charge is 0.465 e. The van der Waals surface area contributed by atoms with Gasteiger partial charge in [0.25, 0.3) is 5.79 Å². The number of ether oxygens (including phenoxy) is 6. The van der Waals surface area contributed by atoms with Crippen LogP contribution in [0.15, 0.2) is 12.2 Å². The highest BCUT2D eigenvalue weighted by molar-refractivity contribution is 9.09. The van der Waals surface area contributed by atoms with E-state index < -0.39 is 24.3 Å². The van der Waals surface area contributed by atoms with Gasteiger partial charge in [0.15, 0.2) is 12.6 Å². The van der Waals surface area contributed by atoms with Crippen LogP contribution in [0.2, 0.25) is 0 Å². The fraction of sp³-hybridized carbons (Fsp3) is 0.914. The minimum Gasteiger partial charge on any atom is -0.465 e. The summed E-state index contributed by atoms with van der Waals surface area (Å²) in [5.74, 6) is 0.941. The third kappa shape index (κ3) is 9.28. The third-order valence-corrected chi connectivity index (χ3v) is 11.8. The van der Waals surface area contributed by atoms with Crippen LogP contribution < -0.4 is 0 Å². The lowest BCUT2D eigenvalue weighted by Gasteiger charge is -2.39. The van der Waals surface area contributed by atoms with Crippen molar-refractivity contribution in [2.45, 2.75) is 158 Å². The molecule has 3 aliphatic heterocycles. The Morgan fingerprint density at radius 2 is 1.67 bits per heavy atom. The Labute approximate surface area is 268 Å². The van der Waals surface area contributed by atoms with Crippen molar-refractivity contribution in [1.82, 2.24) is 0 Å². The molecule has 0 N–H and O–H groups in total. The summed E-state index contributed by atoms with van der Waals surface area (Å²) in [5, 5.41) is 0. The maximum Gasteiger partial charge on any atom is 0.366 e. The van der Waals surface area contributed by atoms with E-state index in [2.05, 4.69) is 35.0 Å². The van der Waals surface area contributed by atoms with Gasteiger partial charge in [0, 0.05) is 24.5 Å². The van der Waals surface area contributed by atoms with Crippen molar-refractivity contribution in [3.05, 3.63) is 12.2 Å². The van der Waals surface area contributed by atoms with Gasteiger partial charge in [-0.15, -0.1) is 0 Å². The summed E-state index contributed by atoms with van der Waals surface area (Å²) in [7, 11) is 1.39. The van der Waals surface area contributed by atoms with Crippen molar-refractivity contribution in [2.24, 2.45) is 23.7 Å². The standard InChI is InChI=1S/C35H57BrO7/c1-3-4-10-25-15-16-26(23-25)11-9-12-27-17-18-30-28(27)24-31(41-30)29(36)19-20-35(34(37)38-2,42-32-13-5-7-21-39-32)43-33-14-6-8-22-40-33/h9,12,25-33H,3-8,10-11,13-24H2,1-2H3/b12-9+/t25-,26-,27-,28+,29?,30-,31?,32?,33?,35?/m0/s1. The van der Waals surface area contributed by atoms with E-state index in [-0.39, 0.29) is 10.9 Å². The molecular weight excluding hydrogens is 612 g/mol. The highest BCUT2D eigenvalue weighted by Crippen LogP contribution is 2.47. The Kier molecular flexibility index (Phi) is 13.3. The summed E-state index contributed by atoms with van der Waals surface area (Å²) >= 11 is 3.96. The minimum atomic E-state index is -1.57. The second kappa shape index (κ2) is 16.9. The zero-order valence-corrected chi connectivity index (χ0v) is 28.3. The molecule has 5 rings (SSSR count). The Hall–Kier alpha value is -0.510. The molecule has 2 saturated carbocycles. The molecule has 3 saturated heterocycles. The predicted octanol–water partition coefficient (Wildman–Crippen LogP) is 8.22. The van der Waals surface area contributed by atoms with Crippen molar-refractivity contribution in [2.75, 3.05) is 20.3 Å². The van der Waals surface area contributed by atoms with E-state index in [9.17, 15) is 4.79 Å². The van der Waals surface area contributed by atoms with E-state index in [1.807, 2.05) is 0 Å². The number of rotatable bonds is 15. The van der Waals surface area contributed by atoms with E-state index in [0.717, 1.165) is 63.2 Å². The number of hydrogen-bond donors (Lipinski definition) is 0. The molecule has 2 aliphatic carbocycles. The number of alkyl halides is 1. The fourth-order valence-corrected chi connectivity index (χ4v) is 8.79. The highest BCUT2D eigenvalue weighted by Gasteiger charge is 2.50. The number of carbonyl (C=O) groups excluding carboxylic acids is 1. The van der Waals surface area contributed by atoms with Crippen LogP contribution in [0, 0.1) is 23.7 Å². The number of esters is 1. The Bertz CT molecular complexity index is 850. The highest BCUT2D eigenvalue weighted by atomic mass is 79.9. The summed E-state index contributed by atoms with van der Waals surface area (Å²) in [5.41, 5.74) is 0. The molecular formula is C35H57BrO7. The topological polar surface area (TPSA) is 72.5 Å². The zero-order valence-electron chi connectivity index (χ0n) is 26.7. The lowest BCUT2D eigenvalue weighted by molar-refractivity contribution is -0.353. The number of halogens is 1. The molecule has 7 nitrogen and oxygen atoms in total. The third-order valence-electron chi connectivity index (χ3n) is 10.7. The smallest absolute Gasteiger partial charge is 0.366 e. The van der Waals surface area contributed by atoms with Gasteiger partial charge in [0.2, 0.25) is 0 Å². The van der Waals surface area contributed by atoms with Crippen LogP contribution in [0.25, 0.3) is 0 Å². The van der Waals surface area contributed by atoms with Crippen molar-refractivity contribution in [1.29, 1.82) is 0 Å². The van der Waals surface area contributed by atoms with Crippen LogP contribution in [0.4, 0.5) is 0 Å². The lowest BCUT2D eigenvalue weighted by atomic mass is 9.89. The monoisotopic (exact) mass is 668 g/mol. The average Bonchev–Trinajstić information content (AvgIpc) is 3.76. The number of unbranched alkanes of at least 4 members (excludes halogenated alkanes) is 1. The minimum absolute atomic E-state index is 0.0806. The van der Waals surface area contributed by atoms with Crippen LogP contribution in [0.5, 0.6) is 0 Å².